The SMILES string of the molecule is Cc1ccc(C(=O)N2CCC(OCCc3noc(CC(C)C)n3)CC2)cn1. The van der Waals surface area contributed by atoms with E-state index in [4.69, 9.17) is 9.26 Å². The van der Waals surface area contributed by atoms with Crippen LogP contribution in [0.4, 0.5) is 0 Å². The van der Waals surface area contributed by atoms with Crippen molar-refractivity contribution in [1.29, 1.82) is 0 Å². The first-order valence-electron chi connectivity index (χ1n) is 9.66. The average molecular weight is 372 g/mol. The summed E-state index contributed by atoms with van der Waals surface area (Å²) in [7, 11) is 0. The molecule has 0 atom stereocenters. The van der Waals surface area contributed by atoms with Gasteiger partial charge >= 0.3 is 0 Å². The van der Waals surface area contributed by atoms with Crippen LogP contribution < -0.4 is 0 Å². The van der Waals surface area contributed by atoms with E-state index < -0.39 is 0 Å². The predicted octanol–water partition coefficient (Wildman–Crippen LogP) is 2.84. The van der Waals surface area contributed by atoms with Crippen molar-refractivity contribution in [3.63, 3.8) is 0 Å². The maximum Gasteiger partial charge on any atom is 0.255 e. The first-order valence-corrected chi connectivity index (χ1v) is 9.66. The smallest absolute Gasteiger partial charge is 0.255 e. The van der Waals surface area contributed by atoms with Crippen molar-refractivity contribution in [2.24, 2.45) is 5.92 Å². The number of pyridine rings is 1. The van der Waals surface area contributed by atoms with E-state index in [-0.39, 0.29) is 12.0 Å². The van der Waals surface area contributed by atoms with Crippen molar-refractivity contribution in [2.45, 2.75) is 52.6 Å². The summed E-state index contributed by atoms with van der Waals surface area (Å²) >= 11 is 0. The molecule has 1 aliphatic rings. The van der Waals surface area contributed by atoms with E-state index >= 15 is 0 Å². The second kappa shape index (κ2) is 9.08. The molecule has 0 bridgehead atoms. The van der Waals surface area contributed by atoms with Gasteiger partial charge in [0.25, 0.3) is 5.91 Å². The number of hydrogen-bond acceptors (Lipinski definition) is 6. The first-order chi connectivity index (χ1) is 13.0. The Labute approximate surface area is 160 Å². The van der Waals surface area contributed by atoms with Crippen molar-refractivity contribution in [3.05, 3.63) is 41.3 Å². The van der Waals surface area contributed by atoms with Crippen molar-refractivity contribution < 1.29 is 14.1 Å². The van der Waals surface area contributed by atoms with Gasteiger partial charge in [0.2, 0.25) is 5.89 Å². The number of hydrogen-bond donors (Lipinski definition) is 0. The number of rotatable bonds is 7. The minimum atomic E-state index is 0.0467. The van der Waals surface area contributed by atoms with Gasteiger partial charge in [-0.2, -0.15) is 4.98 Å². The molecule has 1 amide bonds. The number of nitrogens with zero attached hydrogens (tertiary/aromatic N) is 4. The third-order valence-electron chi connectivity index (χ3n) is 4.66. The van der Waals surface area contributed by atoms with Gasteiger partial charge in [-0.25, -0.2) is 0 Å². The topological polar surface area (TPSA) is 81.4 Å². The second-order valence-electron chi connectivity index (χ2n) is 7.50. The van der Waals surface area contributed by atoms with Crippen molar-refractivity contribution in [2.75, 3.05) is 19.7 Å². The van der Waals surface area contributed by atoms with Gasteiger partial charge in [0.1, 0.15) is 0 Å². The van der Waals surface area contributed by atoms with E-state index in [1.54, 1.807) is 6.20 Å². The van der Waals surface area contributed by atoms with Crippen LogP contribution in [0, 0.1) is 12.8 Å². The minimum Gasteiger partial charge on any atom is -0.378 e. The highest BCUT2D eigenvalue weighted by atomic mass is 16.5. The zero-order chi connectivity index (χ0) is 19.2. The number of carbonyl (C=O) groups excluding carboxylic acids is 1. The highest BCUT2D eigenvalue weighted by Crippen LogP contribution is 2.17. The maximum atomic E-state index is 12.5. The van der Waals surface area contributed by atoms with Gasteiger partial charge < -0.3 is 14.2 Å². The van der Waals surface area contributed by atoms with E-state index in [1.807, 2.05) is 24.0 Å². The maximum absolute atomic E-state index is 12.5. The van der Waals surface area contributed by atoms with Gasteiger partial charge in [0.15, 0.2) is 5.82 Å². The molecule has 3 rings (SSSR count). The van der Waals surface area contributed by atoms with E-state index in [0.29, 0.717) is 49.3 Å². The van der Waals surface area contributed by atoms with E-state index in [9.17, 15) is 4.79 Å². The van der Waals surface area contributed by atoms with Crippen LogP contribution >= 0.6 is 0 Å². The quantitative estimate of drug-likeness (QED) is 0.743. The number of likely N-dealkylation sites (tertiary alicyclic amines) is 1. The average Bonchev–Trinajstić information content (AvgIpc) is 3.09. The van der Waals surface area contributed by atoms with E-state index in [0.717, 1.165) is 25.0 Å². The molecule has 1 saturated heterocycles. The molecule has 0 N–H and O–H groups in total. The van der Waals surface area contributed by atoms with Gasteiger partial charge in [0.05, 0.1) is 18.3 Å². The Morgan fingerprint density at radius 2 is 2.11 bits per heavy atom. The number of aromatic nitrogens is 3. The molecule has 0 saturated carbocycles. The summed E-state index contributed by atoms with van der Waals surface area (Å²) in [5, 5.41) is 4.00. The molecule has 27 heavy (non-hydrogen) atoms. The molecule has 2 aromatic rings. The van der Waals surface area contributed by atoms with Crippen LogP contribution in [-0.2, 0) is 17.6 Å². The Balaban J connectivity index is 1.38. The molecule has 7 nitrogen and oxygen atoms in total. The summed E-state index contributed by atoms with van der Waals surface area (Å²) in [6.45, 7) is 8.15. The standard InChI is InChI=1S/C20H28N4O3/c1-14(2)12-19-22-18(23-27-19)8-11-26-17-6-9-24(10-7-17)20(25)16-5-4-15(3)21-13-16/h4-5,13-14,17H,6-12H2,1-3H3. The summed E-state index contributed by atoms with van der Waals surface area (Å²) in [5.74, 6) is 1.94. The Hall–Kier alpha value is -2.28. The molecule has 0 unspecified atom stereocenters. The van der Waals surface area contributed by atoms with Crippen LogP contribution in [0.3, 0.4) is 0 Å². The molecule has 3 heterocycles. The summed E-state index contributed by atoms with van der Waals surface area (Å²) < 4.78 is 11.2. The number of carbonyl (C=O) groups is 1. The zero-order valence-electron chi connectivity index (χ0n) is 16.4. The van der Waals surface area contributed by atoms with Crippen LogP contribution in [0.2, 0.25) is 0 Å². The van der Waals surface area contributed by atoms with Crippen molar-refractivity contribution >= 4 is 5.91 Å². The van der Waals surface area contributed by atoms with E-state index in [2.05, 4.69) is 29.0 Å². The van der Waals surface area contributed by atoms with Gasteiger partial charge in [-0.1, -0.05) is 19.0 Å². The molecule has 7 heteroatoms. The molecule has 0 radical (unpaired) electrons. The first kappa shape index (κ1) is 19.5. The van der Waals surface area contributed by atoms with Crippen LogP contribution in [0.1, 0.15) is 54.5 Å². The van der Waals surface area contributed by atoms with Gasteiger partial charge in [-0.05, 0) is 37.8 Å². The summed E-state index contributed by atoms with van der Waals surface area (Å²) in [6, 6.07) is 3.71. The fraction of sp³-hybridized carbons (Fsp3) is 0.600. The highest BCUT2D eigenvalue weighted by Gasteiger charge is 2.24. The Morgan fingerprint density at radius 1 is 1.33 bits per heavy atom. The molecule has 1 fully saturated rings. The summed E-state index contributed by atoms with van der Waals surface area (Å²) in [6.07, 6.45) is 4.96. The monoisotopic (exact) mass is 372 g/mol. The van der Waals surface area contributed by atoms with Gasteiger partial charge in [-0.15, -0.1) is 0 Å². The molecule has 0 aliphatic carbocycles. The lowest BCUT2D eigenvalue weighted by Gasteiger charge is -2.32. The number of ether oxygens (including phenoxy) is 1. The predicted molar refractivity (Wildman–Crippen MR) is 100 cm³/mol. The van der Waals surface area contributed by atoms with Gasteiger partial charge in [0, 0.05) is 37.8 Å². The Bertz CT molecular complexity index is 734. The lowest BCUT2D eigenvalue weighted by atomic mass is 10.1. The fourth-order valence-corrected chi connectivity index (χ4v) is 3.14. The molecular formula is C20H28N4O3. The second-order valence-corrected chi connectivity index (χ2v) is 7.50. The molecular weight excluding hydrogens is 344 g/mol. The normalized spacial score (nSPS) is 15.5. The third-order valence-corrected chi connectivity index (χ3v) is 4.66. The summed E-state index contributed by atoms with van der Waals surface area (Å²) in [4.78, 5) is 23.0. The fourth-order valence-electron chi connectivity index (χ4n) is 3.14. The number of piperidine rings is 1. The Kier molecular flexibility index (Phi) is 6.55. The lowest BCUT2D eigenvalue weighted by molar-refractivity contribution is 0.00946. The van der Waals surface area contributed by atoms with Crippen molar-refractivity contribution in [3.8, 4) is 0 Å². The van der Waals surface area contributed by atoms with Crippen LogP contribution in [0.5, 0.6) is 0 Å². The van der Waals surface area contributed by atoms with Crippen molar-refractivity contribution in [1.82, 2.24) is 20.0 Å². The van der Waals surface area contributed by atoms with Crippen LogP contribution in [0.15, 0.2) is 22.9 Å². The zero-order valence-corrected chi connectivity index (χ0v) is 16.4. The number of aryl methyl sites for hydroxylation is 1. The molecule has 2 aromatic heterocycles. The Morgan fingerprint density at radius 3 is 2.78 bits per heavy atom. The molecule has 1 aliphatic heterocycles. The number of amides is 1. The van der Waals surface area contributed by atoms with Gasteiger partial charge in [-0.3, -0.25) is 9.78 Å². The van der Waals surface area contributed by atoms with Crippen LogP contribution in [-0.4, -0.2) is 51.7 Å². The molecule has 146 valence electrons. The van der Waals surface area contributed by atoms with E-state index in [1.165, 1.54) is 0 Å². The molecule has 0 spiro atoms. The highest BCUT2D eigenvalue weighted by molar-refractivity contribution is 5.93. The van der Waals surface area contributed by atoms with Crippen LogP contribution in [0.25, 0.3) is 0 Å². The minimum absolute atomic E-state index is 0.0467. The summed E-state index contributed by atoms with van der Waals surface area (Å²) in [5.41, 5.74) is 1.56. The lowest BCUT2D eigenvalue weighted by Crippen LogP contribution is -2.41. The third kappa shape index (κ3) is 5.60. The largest absolute Gasteiger partial charge is 0.378 e. The molecule has 0 aromatic carbocycles.